The molecule has 1 unspecified atom stereocenters. The Bertz CT molecular complexity index is 302. The van der Waals surface area contributed by atoms with Crippen LogP contribution in [0, 0.1) is 9.49 Å². The van der Waals surface area contributed by atoms with Gasteiger partial charge >= 0.3 is 0 Å². The first kappa shape index (κ1) is 10.1. The number of ether oxygens (including phenoxy) is 1. The lowest BCUT2D eigenvalue weighted by molar-refractivity contribution is 0.249. The SMILES string of the molecule is Ic1cncnc1OCC1CCNC1. The van der Waals surface area contributed by atoms with E-state index in [1.54, 1.807) is 6.20 Å². The highest BCUT2D eigenvalue weighted by Crippen LogP contribution is 2.17. The molecule has 1 aliphatic rings. The standard InChI is InChI=1S/C9H12IN3O/c10-8-4-12-6-13-9(8)14-5-7-1-2-11-3-7/h4,6-7,11H,1-3,5H2. The molecular formula is C9H12IN3O. The van der Waals surface area contributed by atoms with Gasteiger partial charge in [0.15, 0.2) is 0 Å². The quantitative estimate of drug-likeness (QED) is 0.849. The maximum atomic E-state index is 5.62. The Morgan fingerprint density at radius 3 is 3.29 bits per heavy atom. The summed E-state index contributed by atoms with van der Waals surface area (Å²) in [5.41, 5.74) is 0. The third-order valence-corrected chi connectivity index (χ3v) is 2.99. The summed E-state index contributed by atoms with van der Waals surface area (Å²) in [4.78, 5) is 7.99. The van der Waals surface area contributed by atoms with Gasteiger partial charge in [-0.1, -0.05) is 0 Å². The molecular weight excluding hydrogens is 293 g/mol. The van der Waals surface area contributed by atoms with Crippen LogP contribution in [0.15, 0.2) is 12.5 Å². The van der Waals surface area contributed by atoms with Crippen LogP contribution in [0.2, 0.25) is 0 Å². The minimum atomic E-state index is 0.626. The highest BCUT2D eigenvalue weighted by Gasteiger charge is 2.15. The van der Waals surface area contributed by atoms with E-state index >= 15 is 0 Å². The monoisotopic (exact) mass is 305 g/mol. The minimum Gasteiger partial charge on any atom is -0.476 e. The van der Waals surface area contributed by atoms with E-state index in [1.165, 1.54) is 12.7 Å². The van der Waals surface area contributed by atoms with Gasteiger partial charge in [0, 0.05) is 18.7 Å². The van der Waals surface area contributed by atoms with E-state index in [9.17, 15) is 0 Å². The third kappa shape index (κ3) is 2.54. The smallest absolute Gasteiger partial charge is 0.230 e. The van der Waals surface area contributed by atoms with Crippen molar-refractivity contribution in [2.45, 2.75) is 6.42 Å². The fourth-order valence-electron chi connectivity index (χ4n) is 1.46. The molecule has 0 radical (unpaired) electrons. The molecule has 2 heterocycles. The van der Waals surface area contributed by atoms with Crippen molar-refractivity contribution in [2.24, 2.45) is 5.92 Å². The fourth-order valence-corrected chi connectivity index (χ4v) is 1.92. The van der Waals surface area contributed by atoms with Gasteiger partial charge in [-0.3, -0.25) is 0 Å². The summed E-state index contributed by atoms with van der Waals surface area (Å²) in [6.07, 6.45) is 4.47. The molecule has 0 spiro atoms. The molecule has 1 fully saturated rings. The molecule has 0 bridgehead atoms. The average Bonchev–Trinajstić information content (AvgIpc) is 2.69. The molecule has 0 amide bonds. The Morgan fingerprint density at radius 1 is 1.64 bits per heavy atom. The van der Waals surface area contributed by atoms with E-state index in [-0.39, 0.29) is 0 Å². The number of halogens is 1. The molecule has 0 saturated carbocycles. The topological polar surface area (TPSA) is 47.0 Å². The lowest BCUT2D eigenvalue weighted by Gasteiger charge is -2.10. The van der Waals surface area contributed by atoms with Crippen molar-refractivity contribution >= 4 is 22.6 Å². The van der Waals surface area contributed by atoms with Crippen molar-refractivity contribution in [3.05, 3.63) is 16.1 Å². The van der Waals surface area contributed by atoms with Crippen LogP contribution in [-0.2, 0) is 0 Å². The summed E-state index contributed by atoms with van der Waals surface area (Å²) < 4.78 is 6.59. The summed E-state index contributed by atoms with van der Waals surface area (Å²) in [6.45, 7) is 2.91. The second-order valence-corrected chi connectivity index (χ2v) is 4.51. The van der Waals surface area contributed by atoms with Crippen molar-refractivity contribution in [2.75, 3.05) is 19.7 Å². The summed E-state index contributed by atoms with van der Waals surface area (Å²) >= 11 is 2.18. The van der Waals surface area contributed by atoms with Crippen molar-refractivity contribution in [1.82, 2.24) is 15.3 Å². The van der Waals surface area contributed by atoms with Crippen LogP contribution in [0.3, 0.4) is 0 Å². The number of aromatic nitrogens is 2. The first-order valence-electron chi connectivity index (χ1n) is 4.65. The molecule has 1 aliphatic heterocycles. The Hall–Kier alpha value is -0.430. The van der Waals surface area contributed by atoms with Crippen molar-refractivity contribution in [1.29, 1.82) is 0 Å². The average molecular weight is 305 g/mol. The molecule has 1 aromatic heterocycles. The van der Waals surface area contributed by atoms with Gasteiger partial charge in [0.2, 0.25) is 5.88 Å². The van der Waals surface area contributed by atoms with Crippen LogP contribution in [0.25, 0.3) is 0 Å². The number of rotatable bonds is 3. The normalized spacial score (nSPS) is 21.1. The molecule has 0 aromatic carbocycles. The largest absolute Gasteiger partial charge is 0.476 e. The molecule has 0 aliphatic carbocycles. The fraction of sp³-hybridized carbons (Fsp3) is 0.556. The number of hydrogen-bond donors (Lipinski definition) is 1. The zero-order valence-corrected chi connectivity index (χ0v) is 9.90. The Labute approximate surface area is 96.6 Å². The molecule has 76 valence electrons. The highest BCUT2D eigenvalue weighted by atomic mass is 127. The van der Waals surface area contributed by atoms with Gasteiger partial charge in [0.05, 0.1) is 10.2 Å². The van der Waals surface area contributed by atoms with E-state index in [0.717, 1.165) is 23.3 Å². The van der Waals surface area contributed by atoms with Gasteiger partial charge in [-0.05, 0) is 35.6 Å². The number of nitrogens with one attached hydrogen (secondary N) is 1. The molecule has 1 aromatic rings. The van der Waals surface area contributed by atoms with Gasteiger partial charge in [-0.15, -0.1) is 0 Å². The summed E-state index contributed by atoms with van der Waals surface area (Å²) in [5, 5.41) is 3.31. The molecule has 1 atom stereocenters. The van der Waals surface area contributed by atoms with E-state index in [0.29, 0.717) is 11.8 Å². The lowest BCUT2D eigenvalue weighted by atomic mass is 10.1. The molecule has 5 heteroatoms. The molecule has 1 saturated heterocycles. The lowest BCUT2D eigenvalue weighted by Crippen LogP contribution is -2.16. The highest BCUT2D eigenvalue weighted by molar-refractivity contribution is 14.1. The second-order valence-electron chi connectivity index (χ2n) is 3.35. The van der Waals surface area contributed by atoms with Gasteiger partial charge in [0.1, 0.15) is 6.33 Å². The number of nitrogens with zero attached hydrogens (tertiary/aromatic N) is 2. The molecule has 14 heavy (non-hydrogen) atoms. The molecule has 1 N–H and O–H groups in total. The van der Waals surface area contributed by atoms with Crippen molar-refractivity contribution in [3.63, 3.8) is 0 Å². The van der Waals surface area contributed by atoms with E-state index < -0.39 is 0 Å². The summed E-state index contributed by atoms with van der Waals surface area (Å²) in [6, 6.07) is 0. The van der Waals surface area contributed by atoms with Crippen LogP contribution in [-0.4, -0.2) is 29.7 Å². The predicted octanol–water partition coefficient (Wildman–Crippen LogP) is 1.07. The van der Waals surface area contributed by atoms with E-state index in [4.69, 9.17) is 4.74 Å². The van der Waals surface area contributed by atoms with E-state index in [2.05, 4.69) is 37.9 Å². The zero-order valence-electron chi connectivity index (χ0n) is 7.74. The maximum absolute atomic E-state index is 5.62. The minimum absolute atomic E-state index is 0.626. The molecule has 4 nitrogen and oxygen atoms in total. The first-order valence-corrected chi connectivity index (χ1v) is 5.73. The van der Waals surface area contributed by atoms with Gasteiger partial charge in [-0.25, -0.2) is 9.97 Å². The Kier molecular flexibility index (Phi) is 3.52. The van der Waals surface area contributed by atoms with Crippen LogP contribution >= 0.6 is 22.6 Å². The van der Waals surface area contributed by atoms with Crippen LogP contribution in [0.5, 0.6) is 5.88 Å². The van der Waals surface area contributed by atoms with E-state index in [1.807, 2.05) is 0 Å². The number of hydrogen-bond acceptors (Lipinski definition) is 4. The van der Waals surface area contributed by atoms with Crippen molar-refractivity contribution < 1.29 is 4.74 Å². The second kappa shape index (κ2) is 4.88. The van der Waals surface area contributed by atoms with Crippen LogP contribution in [0.4, 0.5) is 0 Å². The summed E-state index contributed by atoms with van der Waals surface area (Å²) in [5.74, 6) is 1.33. The summed E-state index contributed by atoms with van der Waals surface area (Å²) in [7, 11) is 0. The zero-order chi connectivity index (χ0) is 9.80. The Morgan fingerprint density at radius 2 is 2.57 bits per heavy atom. The van der Waals surface area contributed by atoms with Gasteiger partial charge < -0.3 is 10.1 Å². The van der Waals surface area contributed by atoms with Gasteiger partial charge in [0.25, 0.3) is 0 Å². The predicted molar refractivity (Wildman–Crippen MR) is 61.2 cm³/mol. The first-order chi connectivity index (χ1) is 6.86. The van der Waals surface area contributed by atoms with Crippen molar-refractivity contribution in [3.8, 4) is 5.88 Å². The molecule has 2 rings (SSSR count). The van der Waals surface area contributed by atoms with Crippen LogP contribution in [0.1, 0.15) is 6.42 Å². The van der Waals surface area contributed by atoms with Crippen LogP contribution < -0.4 is 10.1 Å². The maximum Gasteiger partial charge on any atom is 0.230 e. The van der Waals surface area contributed by atoms with Gasteiger partial charge in [-0.2, -0.15) is 0 Å². The third-order valence-electron chi connectivity index (χ3n) is 2.25. The Balaban J connectivity index is 1.88.